The van der Waals surface area contributed by atoms with Crippen LogP contribution in [-0.4, -0.2) is 18.9 Å². The molecule has 0 heterocycles. The molecule has 53 valence electrons. The molecule has 0 aromatic rings. The summed E-state index contributed by atoms with van der Waals surface area (Å²) in [5.74, 6) is 0.242. The van der Waals surface area contributed by atoms with Crippen LogP contribution in [0, 0.1) is 6.92 Å². The van der Waals surface area contributed by atoms with Crippen molar-refractivity contribution in [3.05, 3.63) is 6.92 Å². The highest BCUT2D eigenvalue weighted by Gasteiger charge is 1.89. The van der Waals surface area contributed by atoms with Gasteiger partial charge in [-0.3, -0.25) is 4.79 Å². The number of carbonyl (C=O) groups is 1. The van der Waals surface area contributed by atoms with Crippen molar-refractivity contribution in [2.24, 2.45) is 0 Å². The molecule has 0 saturated heterocycles. The molecule has 0 fully saturated rings. The second-order valence-corrected chi connectivity index (χ2v) is 2.06. The molecule has 0 aliphatic heterocycles. The van der Waals surface area contributed by atoms with Crippen LogP contribution in [0.2, 0.25) is 0 Å². The summed E-state index contributed by atoms with van der Waals surface area (Å²) in [6.45, 7) is 6.96. The van der Waals surface area contributed by atoms with Crippen molar-refractivity contribution in [3.8, 4) is 0 Å². The summed E-state index contributed by atoms with van der Waals surface area (Å²) in [5, 5.41) is 3.08. The van der Waals surface area contributed by atoms with E-state index in [0.717, 1.165) is 19.5 Å². The lowest BCUT2D eigenvalue weighted by molar-refractivity contribution is -0.116. The summed E-state index contributed by atoms with van der Waals surface area (Å²) < 4.78 is 0. The molecule has 2 nitrogen and oxygen atoms in total. The monoisotopic (exact) mass is 128 g/mol. The smallest absolute Gasteiger partial charge is 0.131 e. The third-order valence-corrected chi connectivity index (χ3v) is 1.01. The van der Waals surface area contributed by atoms with Crippen LogP contribution >= 0.6 is 0 Å². The number of ketones is 1. The van der Waals surface area contributed by atoms with Gasteiger partial charge in [-0.15, -0.1) is 0 Å². The Hall–Kier alpha value is -0.370. The Morgan fingerprint density at radius 3 is 2.67 bits per heavy atom. The van der Waals surface area contributed by atoms with E-state index in [-0.39, 0.29) is 5.78 Å². The predicted octanol–water partition coefficient (Wildman–Crippen LogP) is 0.779. The molecule has 0 bridgehead atoms. The highest BCUT2D eigenvalue weighted by molar-refractivity contribution is 5.75. The third-order valence-electron chi connectivity index (χ3n) is 1.01. The Morgan fingerprint density at radius 1 is 1.56 bits per heavy atom. The van der Waals surface area contributed by atoms with E-state index in [1.165, 1.54) is 0 Å². The van der Waals surface area contributed by atoms with Crippen LogP contribution in [0.3, 0.4) is 0 Å². The number of hydrogen-bond donors (Lipinski definition) is 1. The summed E-state index contributed by atoms with van der Waals surface area (Å²) in [5.41, 5.74) is 0. The van der Waals surface area contributed by atoms with Crippen molar-refractivity contribution in [2.45, 2.75) is 19.8 Å². The predicted molar refractivity (Wildman–Crippen MR) is 38.1 cm³/mol. The Kier molecular flexibility index (Phi) is 5.52. The van der Waals surface area contributed by atoms with Gasteiger partial charge in [0, 0.05) is 13.0 Å². The summed E-state index contributed by atoms with van der Waals surface area (Å²) in [7, 11) is 0. The molecule has 0 unspecified atom stereocenters. The van der Waals surface area contributed by atoms with Crippen molar-refractivity contribution in [3.63, 3.8) is 0 Å². The minimum absolute atomic E-state index is 0.242. The van der Waals surface area contributed by atoms with Crippen LogP contribution in [0.4, 0.5) is 0 Å². The van der Waals surface area contributed by atoms with Crippen molar-refractivity contribution < 1.29 is 4.79 Å². The fourth-order valence-corrected chi connectivity index (χ4v) is 0.514. The average molecular weight is 128 g/mol. The van der Waals surface area contributed by atoms with Gasteiger partial charge in [-0.1, -0.05) is 6.92 Å². The van der Waals surface area contributed by atoms with Crippen LogP contribution in [0.25, 0.3) is 0 Å². The maximum absolute atomic E-state index is 10.4. The molecule has 0 spiro atoms. The zero-order valence-corrected chi connectivity index (χ0v) is 5.94. The van der Waals surface area contributed by atoms with Crippen LogP contribution in [-0.2, 0) is 4.79 Å². The molecule has 0 saturated carbocycles. The molecule has 0 atom stereocenters. The summed E-state index contributed by atoms with van der Waals surface area (Å²) >= 11 is 0. The molecule has 0 aliphatic rings. The largest absolute Gasteiger partial charge is 0.316 e. The van der Waals surface area contributed by atoms with Gasteiger partial charge in [0.1, 0.15) is 5.78 Å². The highest BCUT2D eigenvalue weighted by Crippen LogP contribution is 1.77. The van der Waals surface area contributed by atoms with Crippen molar-refractivity contribution >= 4 is 5.78 Å². The second kappa shape index (κ2) is 5.76. The normalized spacial score (nSPS) is 9.56. The lowest BCUT2D eigenvalue weighted by atomic mass is 10.3. The van der Waals surface area contributed by atoms with E-state index in [1.54, 1.807) is 6.92 Å². The van der Waals surface area contributed by atoms with E-state index < -0.39 is 0 Å². The Labute approximate surface area is 56.6 Å². The van der Waals surface area contributed by atoms with E-state index in [9.17, 15) is 4.79 Å². The molecule has 9 heavy (non-hydrogen) atoms. The molecule has 0 aromatic carbocycles. The number of rotatable bonds is 5. The van der Waals surface area contributed by atoms with Gasteiger partial charge in [0.25, 0.3) is 0 Å². The van der Waals surface area contributed by atoms with Crippen LogP contribution < -0.4 is 5.32 Å². The number of carbonyl (C=O) groups excluding carboxylic acids is 1. The van der Waals surface area contributed by atoms with Gasteiger partial charge in [0.2, 0.25) is 0 Å². The van der Waals surface area contributed by atoms with Gasteiger partial charge in [-0.25, -0.2) is 0 Å². The Bertz CT molecular complexity index is 81.0. The highest BCUT2D eigenvalue weighted by atomic mass is 16.1. The molecule has 0 aromatic heterocycles. The fourth-order valence-electron chi connectivity index (χ4n) is 0.514. The lowest BCUT2D eigenvalue weighted by Crippen LogP contribution is -2.17. The third kappa shape index (κ3) is 7.63. The zero-order valence-electron chi connectivity index (χ0n) is 5.94. The minimum atomic E-state index is 0.242. The van der Waals surface area contributed by atoms with Crippen LogP contribution in [0.15, 0.2) is 0 Å². The quantitative estimate of drug-likeness (QED) is 0.554. The molecular formula is C7H14NO. The van der Waals surface area contributed by atoms with Crippen molar-refractivity contribution in [2.75, 3.05) is 13.1 Å². The summed E-state index contributed by atoms with van der Waals surface area (Å²) in [6.07, 6.45) is 1.53. The molecule has 1 radical (unpaired) electrons. The first-order chi connectivity index (χ1) is 4.27. The summed E-state index contributed by atoms with van der Waals surface area (Å²) in [4.78, 5) is 10.4. The Balaban J connectivity index is 2.83. The summed E-state index contributed by atoms with van der Waals surface area (Å²) in [6, 6.07) is 0. The standard InChI is InChI=1S/C7H14NO/c1-3-5-8-6-4-7(2)9/h8H,1,3-6H2,2H3. The average Bonchev–Trinajstić information content (AvgIpc) is 1.80. The van der Waals surface area contributed by atoms with E-state index in [2.05, 4.69) is 12.2 Å². The molecular weight excluding hydrogens is 114 g/mol. The molecule has 0 rings (SSSR count). The SMILES string of the molecule is [CH2]CCNCCC(C)=O. The van der Waals surface area contributed by atoms with Gasteiger partial charge in [-0.2, -0.15) is 0 Å². The number of hydrogen-bond acceptors (Lipinski definition) is 2. The first-order valence-corrected chi connectivity index (χ1v) is 3.26. The first-order valence-electron chi connectivity index (χ1n) is 3.26. The lowest BCUT2D eigenvalue weighted by Gasteiger charge is -1.97. The van der Waals surface area contributed by atoms with E-state index in [1.807, 2.05) is 0 Å². The van der Waals surface area contributed by atoms with Gasteiger partial charge >= 0.3 is 0 Å². The van der Waals surface area contributed by atoms with Crippen molar-refractivity contribution in [1.82, 2.24) is 5.32 Å². The zero-order chi connectivity index (χ0) is 7.11. The fraction of sp³-hybridized carbons (Fsp3) is 0.714. The van der Waals surface area contributed by atoms with Crippen LogP contribution in [0.1, 0.15) is 19.8 Å². The molecule has 1 N–H and O–H groups in total. The molecule has 2 heteroatoms. The van der Waals surface area contributed by atoms with Gasteiger partial charge in [0.05, 0.1) is 0 Å². The van der Waals surface area contributed by atoms with Crippen LogP contribution in [0.5, 0.6) is 0 Å². The molecule has 0 amide bonds. The van der Waals surface area contributed by atoms with E-state index >= 15 is 0 Å². The first kappa shape index (κ1) is 8.63. The number of nitrogens with one attached hydrogen (secondary N) is 1. The molecule has 0 aliphatic carbocycles. The Morgan fingerprint density at radius 2 is 2.22 bits per heavy atom. The van der Waals surface area contributed by atoms with Gasteiger partial charge < -0.3 is 5.32 Å². The van der Waals surface area contributed by atoms with Gasteiger partial charge in [-0.05, 0) is 19.9 Å². The second-order valence-electron chi connectivity index (χ2n) is 2.06. The minimum Gasteiger partial charge on any atom is -0.316 e. The number of Topliss-reactive ketones (excluding diaryl/α,β-unsaturated/α-hetero) is 1. The van der Waals surface area contributed by atoms with E-state index in [4.69, 9.17) is 0 Å². The van der Waals surface area contributed by atoms with Crippen molar-refractivity contribution in [1.29, 1.82) is 0 Å². The maximum Gasteiger partial charge on any atom is 0.131 e. The van der Waals surface area contributed by atoms with E-state index in [0.29, 0.717) is 6.42 Å². The topological polar surface area (TPSA) is 29.1 Å². The maximum atomic E-state index is 10.4. The van der Waals surface area contributed by atoms with Gasteiger partial charge in [0.15, 0.2) is 0 Å².